The third-order valence-electron chi connectivity index (χ3n) is 4.15. The minimum Gasteiger partial charge on any atom is -0.320 e. The first-order valence-electron chi connectivity index (χ1n) is 5.87. The summed E-state index contributed by atoms with van der Waals surface area (Å²) < 4.78 is 2.26. The molecule has 1 aliphatic carbocycles. The molecule has 0 bridgehead atoms. The van der Waals surface area contributed by atoms with Crippen LogP contribution >= 0.6 is 0 Å². The van der Waals surface area contributed by atoms with Gasteiger partial charge in [-0.1, -0.05) is 24.3 Å². The maximum absolute atomic E-state index is 9.00. The predicted molar refractivity (Wildman–Crippen MR) is 63.1 cm³/mol. The van der Waals surface area contributed by atoms with Crippen LogP contribution in [0, 0.1) is 17.2 Å². The summed E-state index contributed by atoms with van der Waals surface area (Å²) in [6.07, 6.45) is 5.67. The minimum atomic E-state index is 0.0167. The molecular formula is C14H11N3. The Morgan fingerprint density at radius 2 is 2.18 bits per heavy atom. The van der Waals surface area contributed by atoms with Gasteiger partial charge in [0.2, 0.25) is 0 Å². The summed E-state index contributed by atoms with van der Waals surface area (Å²) in [4.78, 5) is 4.25. The molecule has 1 saturated carbocycles. The van der Waals surface area contributed by atoms with E-state index < -0.39 is 0 Å². The van der Waals surface area contributed by atoms with Gasteiger partial charge >= 0.3 is 0 Å². The molecule has 17 heavy (non-hydrogen) atoms. The lowest BCUT2D eigenvalue weighted by Gasteiger charge is -2.44. The second-order valence-corrected chi connectivity index (χ2v) is 4.96. The van der Waals surface area contributed by atoms with Crippen molar-refractivity contribution in [2.45, 2.75) is 18.4 Å². The highest BCUT2D eigenvalue weighted by Crippen LogP contribution is 2.56. The quantitative estimate of drug-likeness (QED) is 0.686. The number of rotatable bonds is 0. The standard InChI is InChI=1S/C14H11N3/c15-7-10-5-14(6-10)12-4-2-1-3-11(12)13-8-16-9-17(13)14/h1-4,8-10H,5-6H2. The van der Waals surface area contributed by atoms with E-state index in [1.165, 1.54) is 16.8 Å². The van der Waals surface area contributed by atoms with Crippen molar-refractivity contribution in [3.63, 3.8) is 0 Å². The van der Waals surface area contributed by atoms with Gasteiger partial charge in [0.25, 0.3) is 0 Å². The van der Waals surface area contributed by atoms with Gasteiger partial charge in [-0.15, -0.1) is 0 Å². The summed E-state index contributed by atoms with van der Waals surface area (Å²) in [7, 11) is 0. The number of hydrogen-bond donors (Lipinski definition) is 0. The molecule has 0 radical (unpaired) electrons. The smallest absolute Gasteiger partial charge is 0.0959 e. The molecular weight excluding hydrogens is 210 g/mol. The first-order valence-corrected chi connectivity index (χ1v) is 5.87. The van der Waals surface area contributed by atoms with E-state index in [4.69, 9.17) is 5.26 Å². The molecule has 1 aromatic heterocycles. The zero-order chi connectivity index (χ0) is 11.5. The predicted octanol–water partition coefficient (Wildman–Crippen LogP) is 2.54. The normalized spacial score (nSPS) is 28.3. The van der Waals surface area contributed by atoms with Crippen molar-refractivity contribution in [3.8, 4) is 17.3 Å². The Kier molecular flexibility index (Phi) is 1.47. The van der Waals surface area contributed by atoms with E-state index in [2.05, 4.69) is 39.9 Å². The Bertz CT molecular complexity index is 641. The highest BCUT2D eigenvalue weighted by molar-refractivity contribution is 5.71. The Morgan fingerprint density at radius 3 is 3.00 bits per heavy atom. The van der Waals surface area contributed by atoms with Crippen LogP contribution in [0.1, 0.15) is 18.4 Å². The molecule has 1 spiro atoms. The fourth-order valence-corrected chi connectivity index (χ4v) is 3.34. The van der Waals surface area contributed by atoms with Crippen molar-refractivity contribution in [2.75, 3.05) is 0 Å². The number of imidazole rings is 1. The Morgan fingerprint density at radius 1 is 1.35 bits per heavy atom. The fourth-order valence-electron chi connectivity index (χ4n) is 3.34. The first-order chi connectivity index (χ1) is 8.35. The molecule has 0 atom stereocenters. The lowest BCUT2D eigenvalue weighted by Crippen LogP contribution is -2.44. The second kappa shape index (κ2) is 2.78. The van der Waals surface area contributed by atoms with Crippen molar-refractivity contribution in [3.05, 3.63) is 42.4 Å². The Balaban J connectivity index is 1.96. The number of nitrogens with zero attached hydrogens (tertiary/aromatic N) is 3. The first kappa shape index (κ1) is 9.00. The molecule has 1 fully saturated rings. The molecule has 0 N–H and O–H groups in total. The van der Waals surface area contributed by atoms with Crippen LogP contribution in [0.2, 0.25) is 0 Å². The van der Waals surface area contributed by atoms with Crippen molar-refractivity contribution in [2.24, 2.45) is 5.92 Å². The van der Waals surface area contributed by atoms with Crippen molar-refractivity contribution < 1.29 is 0 Å². The lowest BCUT2D eigenvalue weighted by molar-refractivity contribution is 0.156. The Hall–Kier alpha value is -2.08. The molecule has 0 amide bonds. The van der Waals surface area contributed by atoms with Crippen LogP contribution in [0.5, 0.6) is 0 Å². The third kappa shape index (κ3) is 0.898. The monoisotopic (exact) mass is 221 g/mol. The molecule has 2 aliphatic rings. The van der Waals surface area contributed by atoms with Crippen LogP contribution in [-0.2, 0) is 5.54 Å². The minimum absolute atomic E-state index is 0.0167. The van der Waals surface area contributed by atoms with Crippen molar-refractivity contribution >= 4 is 0 Å². The van der Waals surface area contributed by atoms with Crippen LogP contribution in [-0.4, -0.2) is 9.55 Å². The van der Waals surface area contributed by atoms with Crippen LogP contribution in [0.4, 0.5) is 0 Å². The van der Waals surface area contributed by atoms with Crippen molar-refractivity contribution in [1.29, 1.82) is 5.26 Å². The molecule has 4 rings (SSSR count). The van der Waals surface area contributed by atoms with Gasteiger partial charge < -0.3 is 4.57 Å². The third-order valence-corrected chi connectivity index (χ3v) is 4.15. The van der Waals surface area contributed by atoms with E-state index in [0.717, 1.165) is 12.8 Å². The lowest BCUT2D eigenvalue weighted by atomic mass is 9.65. The second-order valence-electron chi connectivity index (χ2n) is 4.96. The number of fused-ring (bicyclic) bond motifs is 5. The van der Waals surface area contributed by atoms with Gasteiger partial charge in [0.05, 0.1) is 35.7 Å². The van der Waals surface area contributed by atoms with Gasteiger partial charge in [-0.2, -0.15) is 5.26 Å². The summed E-state index contributed by atoms with van der Waals surface area (Å²) in [5, 5.41) is 9.00. The average molecular weight is 221 g/mol. The Labute approximate surface area is 99.3 Å². The number of benzene rings is 1. The van der Waals surface area contributed by atoms with Gasteiger partial charge in [-0.3, -0.25) is 0 Å². The van der Waals surface area contributed by atoms with Crippen LogP contribution in [0.25, 0.3) is 11.3 Å². The SMILES string of the molecule is N#CC1CC2(C1)c1ccccc1-c1cncn12. The molecule has 3 heteroatoms. The van der Waals surface area contributed by atoms with Gasteiger partial charge in [-0.05, 0) is 18.4 Å². The van der Waals surface area contributed by atoms with E-state index in [-0.39, 0.29) is 11.5 Å². The molecule has 82 valence electrons. The maximum Gasteiger partial charge on any atom is 0.0959 e. The summed E-state index contributed by atoms with van der Waals surface area (Å²) in [5.74, 6) is 0.191. The molecule has 2 aromatic rings. The summed E-state index contributed by atoms with van der Waals surface area (Å²) in [5.41, 5.74) is 3.85. The molecule has 1 aromatic carbocycles. The largest absolute Gasteiger partial charge is 0.320 e. The fraction of sp³-hybridized carbons (Fsp3) is 0.286. The highest BCUT2D eigenvalue weighted by atomic mass is 15.2. The van der Waals surface area contributed by atoms with Crippen molar-refractivity contribution in [1.82, 2.24) is 9.55 Å². The zero-order valence-corrected chi connectivity index (χ0v) is 9.30. The molecule has 3 nitrogen and oxygen atoms in total. The molecule has 0 saturated heterocycles. The zero-order valence-electron chi connectivity index (χ0n) is 9.30. The van der Waals surface area contributed by atoms with Gasteiger partial charge in [-0.25, -0.2) is 4.98 Å². The van der Waals surface area contributed by atoms with Crippen LogP contribution in [0.3, 0.4) is 0 Å². The number of nitriles is 1. The number of hydrogen-bond acceptors (Lipinski definition) is 2. The molecule has 2 heterocycles. The van der Waals surface area contributed by atoms with E-state index in [9.17, 15) is 0 Å². The topological polar surface area (TPSA) is 41.6 Å². The van der Waals surface area contributed by atoms with Gasteiger partial charge in [0.1, 0.15) is 0 Å². The maximum atomic E-state index is 9.00. The average Bonchev–Trinajstić information content (AvgIpc) is 2.86. The van der Waals surface area contributed by atoms with Gasteiger partial charge in [0, 0.05) is 5.56 Å². The van der Waals surface area contributed by atoms with Crippen LogP contribution in [0.15, 0.2) is 36.8 Å². The molecule has 0 unspecified atom stereocenters. The van der Waals surface area contributed by atoms with E-state index in [1.807, 2.05) is 12.5 Å². The summed E-state index contributed by atoms with van der Waals surface area (Å²) in [6.45, 7) is 0. The van der Waals surface area contributed by atoms with E-state index >= 15 is 0 Å². The molecule has 1 aliphatic heterocycles. The summed E-state index contributed by atoms with van der Waals surface area (Å²) in [6, 6.07) is 10.9. The highest BCUT2D eigenvalue weighted by Gasteiger charge is 2.52. The number of aromatic nitrogens is 2. The van der Waals surface area contributed by atoms with E-state index in [0.29, 0.717) is 0 Å². The van der Waals surface area contributed by atoms with Crippen LogP contribution < -0.4 is 0 Å². The van der Waals surface area contributed by atoms with Gasteiger partial charge in [0.15, 0.2) is 0 Å². The summed E-state index contributed by atoms with van der Waals surface area (Å²) >= 11 is 0. The van der Waals surface area contributed by atoms with E-state index in [1.54, 1.807) is 0 Å².